The van der Waals surface area contributed by atoms with Crippen LogP contribution in [0.5, 0.6) is 5.75 Å². The molecule has 3 rings (SSSR count). The summed E-state index contributed by atoms with van der Waals surface area (Å²) in [6.45, 7) is 10.9. The lowest BCUT2D eigenvalue weighted by Crippen LogP contribution is -2.32. The van der Waals surface area contributed by atoms with Crippen LogP contribution in [0.3, 0.4) is 0 Å². The van der Waals surface area contributed by atoms with Crippen LogP contribution in [0.2, 0.25) is 0 Å². The van der Waals surface area contributed by atoms with Crippen LogP contribution in [0.1, 0.15) is 91.5 Å². The fourth-order valence-electron chi connectivity index (χ4n) is 4.95. The highest BCUT2D eigenvalue weighted by Gasteiger charge is 2.61. The molecule has 32 heavy (non-hydrogen) atoms. The molecular formula is C28H42O4. The zero-order chi connectivity index (χ0) is 23.8. The lowest BCUT2D eigenvalue weighted by molar-refractivity contribution is -0.143. The summed E-state index contributed by atoms with van der Waals surface area (Å²) in [6, 6.07) is 7.54. The molecule has 0 saturated heterocycles. The largest absolute Gasteiger partial charge is 0.497 e. The number of ether oxygens (including phenoxy) is 2. The molecule has 2 aliphatic carbocycles. The van der Waals surface area contributed by atoms with Crippen molar-refractivity contribution in [3.63, 3.8) is 0 Å². The van der Waals surface area contributed by atoms with Gasteiger partial charge in [-0.1, -0.05) is 59.6 Å². The van der Waals surface area contributed by atoms with Gasteiger partial charge in [0.1, 0.15) is 17.6 Å². The highest BCUT2D eigenvalue weighted by atomic mass is 16.5. The van der Waals surface area contributed by atoms with Gasteiger partial charge in [0.05, 0.1) is 7.11 Å². The van der Waals surface area contributed by atoms with Crippen molar-refractivity contribution in [3.05, 3.63) is 35.9 Å². The van der Waals surface area contributed by atoms with Crippen molar-refractivity contribution in [1.82, 2.24) is 0 Å². The Morgan fingerprint density at radius 1 is 1.16 bits per heavy atom. The molecule has 1 aromatic rings. The smallest absolute Gasteiger partial charge is 0.331 e. The van der Waals surface area contributed by atoms with E-state index >= 15 is 0 Å². The second kappa shape index (κ2) is 11.7. The molecule has 2 saturated carbocycles. The summed E-state index contributed by atoms with van der Waals surface area (Å²) in [6.07, 6.45) is 11.8. The molecule has 0 spiro atoms. The number of carbonyl (C=O) groups is 2. The highest BCUT2D eigenvalue weighted by molar-refractivity contribution is 5.89. The fourth-order valence-corrected chi connectivity index (χ4v) is 4.95. The molecule has 3 atom stereocenters. The van der Waals surface area contributed by atoms with Crippen LogP contribution in [-0.4, -0.2) is 25.0 Å². The molecule has 2 fully saturated rings. The first-order valence-corrected chi connectivity index (χ1v) is 12.2. The zero-order valence-electron chi connectivity index (χ0n) is 20.9. The van der Waals surface area contributed by atoms with E-state index in [-0.39, 0.29) is 22.9 Å². The SMILES string of the molecule is CC12CCC(CC1=O)C2(C)C.CCCCCC(CC)OC(=O)C=Cc1ccc(OC)cc1. The average molecular weight is 443 g/mol. The Labute approximate surface area is 194 Å². The predicted molar refractivity (Wildman–Crippen MR) is 131 cm³/mol. The van der Waals surface area contributed by atoms with Gasteiger partial charge < -0.3 is 9.47 Å². The third-order valence-corrected chi connectivity index (χ3v) is 7.88. The minimum atomic E-state index is -0.269. The summed E-state index contributed by atoms with van der Waals surface area (Å²) in [5.41, 5.74) is 1.26. The first kappa shape index (κ1) is 26.2. The van der Waals surface area contributed by atoms with Crippen molar-refractivity contribution in [1.29, 1.82) is 0 Å². The molecule has 0 radical (unpaired) electrons. The van der Waals surface area contributed by atoms with Gasteiger partial charge in [-0.3, -0.25) is 4.79 Å². The fraction of sp³-hybridized carbons (Fsp3) is 0.643. The summed E-state index contributed by atoms with van der Waals surface area (Å²) < 4.78 is 10.6. The Kier molecular flexibility index (Phi) is 9.54. The molecule has 0 aliphatic heterocycles. The Hall–Kier alpha value is -2.10. The molecule has 178 valence electrons. The van der Waals surface area contributed by atoms with Crippen LogP contribution in [0.15, 0.2) is 30.3 Å². The third-order valence-electron chi connectivity index (χ3n) is 7.88. The van der Waals surface area contributed by atoms with E-state index in [1.54, 1.807) is 13.2 Å². The number of Topliss-reactive ketones (excluding diaryl/α,β-unsaturated/α-hetero) is 1. The van der Waals surface area contributed by atoms with Gasteiger partial charge in [0.25, 0.3) is 0 Å². The second-order valence-electron chi connectivity index (χ2n) is 9.99. The number of ketones is 1. The van der Waals surface area contributed by atoms with Crippen LogP contribution in [-0.2, 0) is 14.3 Å². The summed E-state index contributed by atoms with van der Waals surface area (Å²) in [5, 5.41) is 0. The number of unbranched alkanes of at least 4 members (excludes halogenated alkanes) is 2. The van der Waals surface area contributed by atoms with E-state index in [0.29, 0.717) is 11.7 Å². The molecule has 0 N–H and O–H groups in total. The Balaban J connectivity index is 0.000000273. The summed E-state index contributed by atoms with van der Waals surface area (Å²) in [7, 11) is 1.63. The van der Waals surface area contributed by atoms with Gasteiger partial charge in [-0.15, -0.1) is 0 Å². The van der Waals surface area contributed by atoms with Crippen molar-refractivity contribution < 1.29 is 19.1 Å². The van der Waals surface area contributed by atoms with Gasteiger partial charge in [0, 0.05) is 17.9 Å². The quantitative estimate of drug-likeness (QED) is 0.234. The maximum atomic E-state index is 11.8. The lowest BCUT2D eigenvalue weighted by Gasteiger charge is -2.32. The van der Waals surface area contributed by atoms with Crippen LogP contribution < -0.4 is 4.74 Å². The van der Waals surface area contributed by atoms with Gasteiger partial charge in [-0.2, -0.15) is 0 Å². The second-order valence-corrected chi connectivity index (χ2v) is 9.99. The topological polar surface area (TPSA) is 52.6 Å². The molecule has 0 heterocycles. The van der Waals surface area contributed by atoms with E-state index in [0.717, 1.165) is 43.4 Å². The predicted octanol–water partition coefficient (Wildman–Crippen LogP) is 7.01. The highest BCUT2D eigenvalue weighted by Crippen LogP contribution is 2.63. The maximum absolute atomic E-state index is 11.8. The molecule has 0 amide bonds. The van der Waals surface area contributed by atoms with Crippen molar-refractivity contribution in [2.45, 2.75) is 92.1 Å². The van der Waals surface area contributed by atoms with E-state index in [1.165, 1.54) is 25.3 Å². The van der Waals surface area contributed by atoms with Crippen LogP contribution in [0.25, 0.3) is 6.08 Å². The average Bonchev–Trinajstić information content (AvgIpc) is 3.11. The number of methoxy groups -OCH3 is 1. The zero-order valence-corrected chi connectivity index (χ0v) is 20.9. The number of esters is 1. The number of hydrogen-bond acceptors (Lipinski definition) is 4. The Morgan fingerprint density at radius 3 is 2.28 bits per heavy atom. The van der Waals surface area contributed by atoms with Crippen LogP contribution in [0, 0.1) is 16.7 Å². The number of hydrogen-bond donors (Lipinski definition) is 0. The van der Waals surface area contributed by atoms with Gasteiger partial charge in [-0.05, 0) is 67.2 Å². The molecule has 2 aliphatic rings. The summed E-state index contributed by atoms with van der Waals surface area (Å²) in [5.74, 6) is 1.73. The van der Waals surface area contributed by atoms with Crippen LogP contribution >= 0.6 is 0 Å². The van der Waals surface area contributed by atoms with Gasteiger partial charge in [-0.25, -0.2) is 4.79 Å². The van der Waals surface area contributed by atoms with Gasteiger partial charge in [0.2, 0.25) is 0 Å². The molecule has 3 unspecified atom stereocenters. The molecular weight excluding hydrogens is 400 g/mol. The lowest BCUT2D eigenvalue weighted by atomic mass is 9.70. The minimum absolute atomic E-state index is 0.0255. The number of carbonyl (C=O) groups excluding carboxylic acids is 2. The van der Waals surface area contributed by atoms with E-state index < -0.39 is 0 Å². The normalized spacial score (nSPS) is 24.2. The molecule has 2 bridgehead atoms. The molecule has 1 aromatic carbocycles. The van der Waals surface area contributed by atoms with E-state index in [4.69, 9.17) is 9.47 Å². The van der Waals surface area contributed by atoms with Crippen molar-refractivity contribution >= 4 is 17.8 Å². The molecule has 0 aromatic heterocycles. The first-order valence-electron chi connectivity index (χ1n) is 12.2. The van der Waals surface area contributed by atoms with E-state index in [2.05, 4.69) is 34.6 Å². The minimum Gasteiger partial charge on any atom is -0.497 e. The van der Waals surface area contributed by atoms with Gasteiger partial charge in [0.15, 0.2) is 0 Å². The Morgan fingerprint density at radius 2 is 1.84 bits per heavy atom. The third kappa shape index (κ3) is 6.24. The van der Waals surface area contributed by atoms with E-state index in [9.17, 15) is 9.59 Å². The number of rotatable bonds is 9. The first-order chi connectivity index (χ1) is 15.2. The number of benzene rings is 1. The molecule has 4 nitrogen and oxygen atoms in total. The van der Waals surface area contributed by atoms with Crippen LogP contribution in [0.4, 0.5) is 0 Å². The summed E-state index contributed by atoms with van der Waals surface area (Å²) >= 11 is 0. The van der Waals surface area contributed by atoms with Crippen molar-refractivity contribution in [2.75, 3.05) is 7.11 Å². The van der Waals surface area contributed by atoms with Crippen molar-refractivity contribution in [3.8, 4) is 5.75 Å². The van der Waals surface area contributed by atoms with E-state index in [1.807, 2.05) is 24.3 Å². The molecule has 4 heteroatoms. The monoisotopic (exact) mass is 442 g/mol. The maximum Gasteiger partial charge on any atom is 0.331 e. The summed E-state index contributed by atoms with van der Waals surface area (Å²) in [4.78, 5) is 23.4. The van der Waals surface area contributed by atoms with Crippen molar-refractivity contribution in [2.24, 2.45) is 16.7 Å². The standard InChI is InChI=1S/C18H26O3.C10H16O/c1-4-6-7-8-16(5-2)21-18(19)14-11-15-9-12-17(20-3)13-10-15;1-9(2)7-4-5-10(9,3)8(11)6-7/h9-14,16H,4-8H2,1-3H3;7H,4-6H2,1-3H3. The Bertz CT molecular complexity index is 777. The number of fused-ring (bicyclic) bond motifs is 2. The van der Waals surface area contributed by atoms with Gasteiger partial charge >= 0.3 is 5.97 Å².